The van der Waals surface area contributed by atoms with Crippen LogP contribution in [0, 0.1) is 0 Å². The Morgan fingerprint density at radius 1 is 0.897 bits per heavy atom. The fourth-order valence-electron chi connectivity index (χ4n) is 3.82. The van der Waals surface area contributed by atoms with E-state index in [0.717, 1.165) is 45.6 Å². The summed E-state index contributed by atoms with van der Waals surface area (Å²) in [4.78, 5) is 16.7. The molecule has 4 rings (SSSR count). The molecule has 29 heavy (non-hydrogen) atoms. The number of rotatable bonds is 9. The van der Waals surface area contributed by atoms with Crippen LogP contribution in [0.1, 0.15) is 30.1 Å². The van der Waals surface area contributed by atoms with Gasteiger partial charge in [0.25, 0.3) is 0 Å². The van der Waals surface area contributed by atoms with Crippen molar-refractivity contribution < 1.29 is 9.53 Å². The molecular formula is C24H31N3O2. The number of amides is 1. The van der Waals surface area contributed by atoms with Gasteiger partial charge in [-0.15, -0.1) is 0 Å². The zero-order valence-electron chi connectivity index (χ0n) is 17.0. The van der Waals surface area contributed by atoms with Gasteiger partial charge in [-0.05, 0) is 24.0 Å². The van der Waals surface area contributed by atoms with Crippen molar-refractivity contribution in [2.45, 2.75) is 25.0 Å². The molecular weight excluding hydrogens is 362 g/mol. The first-order chi connectivity index (χ1) is 14.3. The molecule has 0 aromatic heterocycles. The van der Waals surface area contributed by atoms with Crippen LogP contribution in [0.2, 0.25) is 0 Å². The van der Waals surface area contributed by atoms with Crippen LogP contribution >= 0.6 is 0 Å². The molecule has 5 nitrogen and oxygen atoms in total. The van der Waals surface area contributed by atoms with Gasteiger partial charge >= 0.3 is 0 Å². The molecule has 2 aromatic rings. The molecule has 1 saturated heterocycles. The third kappa shape index (κ3) is 6.13. The summed E-state index contributed by atoms with van der Waals surface area (Å²) < 4.78 is 6.34. The predicted octanol–water partition coefficient (Wildman–Crippen LogP) is 2.69. The highest BCUT2D eigenvalue weighted by molar-refractivity contribution is 5.78. The highest BCUT2D eigenvalue weighted by Crippen LogP contribution is 2.25. The molecule has 1 aliphatic carbocycles. The highest BCUT2D eigenvalue weighted by atomic mass is 16.5. The minimum Gasteiger partial charge on any atom is -0.367 e. The Balaban J connectivity index is 1.23. The number of hydrogen-bond acceptors (Lipinski definition) is 4. The second kappa shape index (κ2) is 10.0. The van der Waals surface area contributed by atoms with E-state index in [1.165, 1.54) is 11.1 Å². The van der Waals surface area contributed by atoms with Crippen molar-refractivity contribution in [3.8, 4) is 0 Å². The van der Waals surface area contributed by atoms with Gasteiger partial charge in [-0.1, -0.05) is 60.7 Å². The second-order valence-electron chi connectivity index (χ2n) is 8.03. The van der Waals surface area contributed by atoms with Crippen LogP contribution in [0.5, 0.6) is 0 Å². The minimum absolute atomic E-state index is 0.0372. The van der Waals surface area contributed by atoms with Gasteiger partial charge in [0.1, 0.15) is 6.10 Å². The van der Waals surface area contributed by atoms with E-state index in [-0.39, 0.29) is 12.0 Å². The van der Waals surface area contributed by atoms with Crippen molar-refractivity contribution >= 4 is 5.91 Å². The molecule has 154 valence electrons. The van der Waals surface area contributed by atoms with E-state index in [2.05, 4.69) is 63.6 Å². The standard InChI is InChI=1S/C24H31N3O2/c28-23(25-22-11-12-22)19-27-15-13-26(14-16-27)17-18-29-24(20-7-3-1-4-8-20)21-9-5-2-6-10-21/h1-10,22,24H,11-19H2,(H,25,28). The van der Waals surface area contributed by atoms with Crippen molar-refractivity contribution in [2.24, 2.45) is 0 Å². The number of piperazine rings is 1. The van der Waals surface area contributed by atoms with Gasteiger partial charge in [0.15, 0.2) is 0 Å². The van der Waals surface area contributed by atoms with Gasteiger partial charge in [0.2, 0.25) is 5.91 Å². The summed E-state index contributed by atoms with van der Waals surface area (Å²) in [5.41, 5.74) is 2.37. The van der Waals surface area contributed by atoms with Crippen LogP contribution in [-0.4, -0.2) is 67.6 Å². The van der Waals surface area contributed by atoms with Crippen molar-refractivity contribution in [2.75, 3.05) is 45.9 Å². The summed E-state index contributed by atoms with van der Waals surface area (Å²) in [6.45, 7) is 6.00. The zero-order chi connectivity index (χ0) is 19.9. The molecule has 0 bridgehead atoms. The fraction of sp³-hybridized carbons (Fsp3) is 0.458. The number of carbonyl (C=O) groups excluding carboxylic acids is 1. The van der Waals surface area contributed by atoms with E-state index in [4.69, 9.17) is 4.74 Å². The van der Waals surface area contributed by atoms with Crippen LogP contribution in [0.15, 0.2) is 60.7 Å². The van der Waals surface area contributed by atoms with Crippen LogP contribution in [0.4, 0.5) is 0 Å². The third-order valence-corrected chi connectivity index (χ3v) is 5.67. The molecule has 2 fully saturated rings. The van der Waals surface area contributed by atoms with Gasteiger partial charge in [-0.2, -0.15) is 0 Å². The van der Waals surface area contributed by atoms with Gasteiger partial charge in [0.05, 0.1) is 13.2 Å². The van der Waals surface area contributed by atoms with Gasteiger partial charge < -0.3 is 10.1 Å². The van der Waals surface area contributed by atoms with Gasteiger partial charge in [0, 0.05) is 38.8 Å². The molecule has 0 spiro atoms. The Hall–Kier alpha value is -2.21. The summed E-state index contributed by atoms with van der Waals surface area (Å²) >= 11 is 0. The summed E-state index contributed by atoms with van der Waals surface area (Å²) in [7, 11) is 0. The van der Waals surface area contributed by atoms with Gasteiger partial charge in [-0.3, -0.25) is 14.6 Å². The lowest BCUT2D eigenvalue weighted by Gasteiger charge is -2.34. The molecule has 0 atom stereocenters. The normalized spacial score (nSPS) is 18.1. The maximum atomic E-state index is 12.0. The molecule has 0 radical (unpaired) electrons. The first-order valence-electron chi connectivity index (χ1n) is 10.7. The van der Waals surface area contributed by atoms with Crippen LogP contribution in [0.25, 0.3) is 0 Å². The average Bonchev–Trinajstić information content (AvgIpc) is 3.57. The monoisotopic (exact) mass is 393 g/mol. The number of benzene rings is 2. The second-order valence-corrected chi connectivity index (χ2v) is 8.03. The molecule has 2 aromatic carbocycles. The van der Waals surface area contributed by atoms with Crippen LogP contribution in [0.3, 0.4) is 0 Å². The molecule has 1 N–H and O–H groups in total. The first kappa shape index (κ1) is 20.1. The molecule has 0 unspecified atom stereocenters. The molecule has 1 aliphatic heterocycles. The molecule has 2 aliphatic rings. The topological polar surface area (TPSA) is 44.8 Å². The van der Waals surface area contributed by atoms with E-state index in [0.29, 0.717) is 19.2 Å². The lowest BCUT2D eigenvalue weighted by molar-refractivity contribution is -0.122. The number of nitrogens with one attached hydrogen (secondary N) is 1. The maximum absolute atomic E-state index is 12.0. The van der Waals surface area contributed by atoms with Crippen molar-refractivity contribution in [1.29, 1.82) is 0 Å². The number of carbonyl (C=O) groups is 1. The summed E-state index contributed by atoms with van der Waals surface area (Å²) in [6.07, 6.45) is 2.25. The Kier molecular flexibility index (Phi) is 6.93. The van der Waals surface area contributed by atoms with E-state index in [9.17, 15) is 4.79 Å². The predicted molar refractivity (Wildman–Crippen MR) is 115 cm³/mol. The summed E-state index contributed by atoms with van der Waals surface area (Å²) in [5.74, 6) is 0.179. The largest absolute Gasteiger partial charge is 0.367 e. The maximum Gasteiger partial charge on any atom is 0.234 e. The van der Waals surface area contributed by atoms with Crippen molar-refractivity contribution in [1.82, 2.24) is 15.1 Å². The zero-order valence-corrected chi connectivity index (χ0v) is 17.0. The Labute approximate surface area is 173 Å². The molecule has 1 heterocycles. The Morgan fingerprint density at radius 3 is 2.00 bits per heavy atom. The third-order valence-electron chi connectivity index (χ3n) is 5.67. The first-order valence-corrected chi connectivity index (χ1v) is 10.7. The van der Waals surface area contributed by atoms with Crippen LogP contribution < -0.4 is 5.32 Å². The number of nitrogens with zero attached hydrogens (tertiary/aromatic N) is 2. The van der Waals surface area contributed by atoms with E-state index >= 15 is 0 Å². The number of hydrogen-bond donors (Lipinski definition) is 1. The Bertz CT molecular complexity index is 717. The van der Waals surface area contributed by atoms with E-state index in [1.807, 2.05) is 12.1 Å². The quantitative estimate of drug-likeness (QED) is 0.712. The lowest BCUT2D eigenvalue weighted by atomic mass is 10.0. The van der Waals surface area contributed by atoms with Crippen molar-refractivity contribution in [3.05, 3.63) is 71.8 Å². The smallest absolute Gasteiger partial charge is 0.234 e. The van der Waals surface area contributed by atoms with E-state index < -0.39 is 0 Å². The molecule has 1 amide bonds. The number of ether oxygens (including phenoxy) is 1. The Morgan fingerprint density at radius 2 is 1.45 bits per heavy atom. The lowest BCUT2D eigenvalue weighted by Crippen LogP contribution is -2.50. The van der Waals surface area contributed by atoms with Crippen molar-refractivity contribution in [3.63, 3.8) is 0 Å². The van der Waals surface area contributed by atoms with Crippen LogP contribution in [-0.2, 0) is 9.53 Å². The highest BCUT2D eigenvalue weighted by Gasteiger charge is 2.25. The van der Waals surface area contributed by atoms with E-state index in [1.54, 1.807) is 0 Å². The van der Waals surface area contributed by atoms with Gasteiger partial charge in [-0.25, -0.2) is 0 Å². The minimum atomic E-state index is -0.0372. The molecule has 1 saturated carbocycles. The molecule has 5 heteroatoms. The fourth-order valence-corrected chi connectivity index (χ4v) is 3.82. The summed E-state index contributed by atoms with van der Waals surface area (Å²) in [5, 5.41) is 3.08. The SMILES string of the molecule is O=C(CN1CCN(CCOC(c2ccccc2)c2ccccc2)CC1)NC1CC1. The summed E-state index contributed by atoms with van der Waals surface area (Å²) in [6, 6.07) is 21.3. The average molecular weight is 394 g/mol.